The van der Waals surface area contributed by atoms with Crippen LogP contribution in [0.1, 0.15) is 32.0 Å². The van der Waals surface area contributed by atoms with E-state index in [9.17, 15) is 9.18 Å². The number of rotatable bonds is 6. The molecule has 0 saturated carbocycles. The van der Waals surface area contributed by atoms with E-state index in [0.717, 1.165) is 0 Å². The van der Waals surface area contributed by atoms with Gasteiger partial charge < -0.3 is 25.0 Å². The van der Waals surface area contributed by atoms with Gasteiger partial charge in [-0.3, -0.25) is 5.41 Å². The molecule has 0 radical (unpaired) electrons. The highest BCUT2D eigenvalue weighted by molar-refractivity contribution is 6.11. The van der Waals surface area contributed by atoms with E-state index in [1.807, 2.05) is 4.90 Å². The molecule has 31 heavy (non-hydrogen) atoms. The third kappa shape index (κ3) is 5.19. The molecule has 4 N–H and O–H groups in total. The van der Waals surface area contributed by atoms with E-state index in [4.69, 9.17) is 20.6 Å². The highest BCUT2D eigenvalue weighted by Gasteiger charge is 2.25. The summed E-state index contributed by atoms with van der Waals surface area (Å²) in [5.74, 6) is 0.202. The van der Waals surface area contributed by atoms with Crippen molar-refractivity contribution in [3.8, 4) is 5.75 Å². The zero-order valence-electron chi connectivity index (χ0n) is 18.0. The Labute approximate surface area is 180 Å². The van der Waals surface area contributed by atoms with Gasteiger partial charge in [-0.05, 0) is 26.8 Å². The first-order valence-electron chi connectivity index (χ1n) is 10.2. The van der Waals surface area contributed by atoms with E-state index in [2.05, 4.69) is 9.97 Å². The van der Waals surface area contributed by atoms with Gasteiger partial charge in [0.15, 0.2) is 11.6 Å². The van der Waals surface area contributed by atoms with Crippen molar-refractivity contribution in [2.24, 2.45) is 0 Å². The van der Waals surface area contributed by atoms with Crippen LogP contribution in [0.5, 0.6) is 5.75 Å². The fourth-order valence-electron chi connectivity index (χ4n) is 3.28. The number of anilines is 2. The lowest BCUT2D eigenvalue weighted by Crippen LogP contribution is -2.49. The monoisotopic (exact) mass is 431 g/mol. The van der Waals surface area contributed by atoms with Crippen molar-refractivity contribution >= 4 is 23.3 Å². The smallest absolute Gasteiger partial charge is 0.409 e. The van der Waals surface area contributed by atoms with Gasteiger partial charge in [-0.1, -0.05) is 0 Å². The van der Waals surface area contributed by atoms with Crippen LogP contribution in [0.25, 0.3) is 0 Å². The third-order valence-corrected chi connectivity index (χ3v) is 4.82. The molecule has 1 saturated heterocycles. The quantitative estimate of drug-likeness (QED) is 0.514. The lowest BCUT2D eigenvalue weighted by Gasteiger charge is -2.34. The Morgan fingerprint density at radius 2 is 1.94 bits per heavy atom. The van der Waals surface area contributed by atoms with Gasteiger partial charge in [-0.2, -0.15) is 0 Å². The number of carbonyl (C=O) groups is 1. The van der Waals surface area contributed by atoms with Gasteiger partial charge in [0.25, 0.3) is 0 Å². The second kappa shape index (κ2) is 9.59. The molecular weight excluding hydrogens is 403 g/mol. The summed E-state index contributed by atoms with van der Waals surface area (Å²) in [4.78, 5) is 24.2. The largest absolute Gasteiger partial charge is 0.488 e. The first kappa shape index (κ1) is 22.3. The lowest BCUT2D eigenvalue weighted by atomic mass is 10.0. The standard InChI is InChI=1S/C21H27FN6O3/c1-4-30-21(29)28-7-5-27(6-8-28)19-11-17(25-12-26-19)20(24)14-9-18(31-13(2)3)15(22)10-16(14)23/h9-13,24H,4-8,23H2,1-3H3/p+1. The summed E-state index contributed by atoms with van der Waals surface area (Å²) in [6.45, 7) is 7.99. The summed E-state index contributed by atoms with van der Waals surface area (Å²) in [6, 6.07) is 4.43. The number of aromatic nitrogens is 2. The van der Waals surface area contributed by atoms with E-state index in [1.54, 1.807) is 31.7 Å². The number of nitrogens with zero attached hydrogens (tertiary/aromatic N) is 4. The summed E-state index contributed by atoms with van der Waals surface area (Å²) in [5.41, 5.74) is 7.39. The maximum Gasteiger partial charge on any atom is 0.409 e. The Morgan fingerprint density at radius 1 is 1.23 bits per heavy atom. The van der Waals surface area contributed by atoms with Gasteiger partial charge in [0.1, 0.15) is 17.8 Å². The maximum atomic E-state index is 14.2. The number of benzene rings is 1. The van der Waals surface area contributed by atoms with Crippen LogP contribution in [-0.2, 0) is 4.74 Å². The first-order valence-corrected chi connectivity index (χ1v) is 10.2. The molecule has 1 aromatic heterocycles. The van der Waals surface area contributed by atoms with Crippen molar-refractivity contribution in [1.82, 2.24) is 14.9 Å². The summed E-state index contributed by atoms with van der Waals surface area (Å²) in [7, 11) is 0. The molecule has 0 unspecified atom stereocenters. The van der Waals surface area contributed by atoms with Gasteiger partial charge in [0.2, 0.25) is 5.71 Å². The number of piperazine rings is 1. The SMILES string of the molecule is CCOC(=O)N1CCN(c2cc(C(=[NH2+])c3cc(OC(C)C)c(F)cc3N)ncn2)CC1. The molecule has 1 aliphatic rings. The Morgan fingerprint density at radius 3 is 2.58 bits per heavy atom. The van der Waals surface area contributed by atoms with Gasteiger partial charge in [-0.25, -0.2) is 19.2 Å². The third-order valence-electron chi connectivity index (χ3n) is 4.82. The normalized spacial score (nSPS) is 14.0. The van der Waals surface area contributed by atoms with Crippen molar-refractivity contribution in [3.63, 3.8) is 0 Å². The second-order valence-corrected chi connectivity index (χ2v) is 7.38. The molecule has 2 heterocycles. The topological polar surface area (TPSA) is 119 Å². The van der Waals surface area contributed by atoms with Crippen molar-refractivity contribution in [3.05, 3.63) is 41.6 Å². The van der Waals surface area contributed by atoms with Crippen LogP contribution in [0.2, 0.25) is 0 Å². The Bertz CT molecular complexity index is 960. The number of hydrogen-bond acceptors (Lipinski definition) is 7. The minimum absolute atomic E-state index is 0.0755. The molecule has 166 valence electrons. The van der Waals surface area contributed by atoms with E-state index in [0.29, 0.717) is 55.6 Å². The van der Waals surface area contributed by atoms with E-state index >= 15 is 0 Å². The fraction of sp³-hybridized carbons (Fsp3) is 0.429. The van der Waals surface area contributed by atoms with Gasteiger partial charge in [0, 0.05) is 44.0 Å². The van der Waals surface area contributed by atoms with E-state index in [1.165, 1.54) is 18.5 Å². The minimum atomic E-state index is -0.550. The molecule has 0 bridgehead atoms. The summed E-state index contributed by atoms with van der Waals surface area (Å²) < 4.78 is 24.7. The van der Waals surface area contributed by atoms with Crippen LogP contribution < -0.4 is 20.8 Å². The predicted octanol–water partition coefficient (Wildman–Crippen LogP) is 0.860. The average Bonchev–Trinajstić information content (AvgIpc) is 2.75. The number of carbonyl (C=O) groups excluding carboxylic acids is 1. The molecule has 1 amide bonds. The molecule has 0 spiro atoms. The first-order chi connectivity index (χ1) is 14.8. The van der Waals surface area contributed by atoms with Crippen LogP contribution in [0.15, 0.2) is 24.5 Å². The average molecular weight is 431 g/mol. The van der Waals surface area contributed by atoms with Crippen LogP contribution in [0.4, 0.5) is 20.7 Å². The Kier molecular flexibility index (Phi) is 6.88. The fourth-order valence-corrected chi connectivity index (χ4v) is 3.28. The van der Waals surface area contributed by atoms with E-state index < -0.39 is 5.82 Å². The number of nitrogen functional groups attached to an aromatic ring is 1. The molecular formula is C21H28FN6O3+. The number of amides is 1. The lowest BCUT2D eigenvalue weighted by molar-refractivity contribution is -0.111. The molecule has 1 aliphatic heterocycles. The second-order valence-electron chi connectivity index (χ2n) is 7.38. The highest BCUT2D eigenvalue weighted by Crippen LogP contribution is 2.26. The zero-order valence-corrected chi connectivity index (χ0v) is 18.0. The molecule has 10 heteroatoms. The van der Waals surface area contributed by atoms with Crippen LogP contribution in [-0.4, -0.2) is 65.6 Å². The Hall–Kier alpha value is -3.43. The maximum absolute atomic E-state index is 14.2. The number of hydrogen-bond donors (Lipinski definition) is 2. The number of nitrogens with two attached hydrogens (primary N) is 2. The number of halogens is 1. The van der Waals surface area contributed by atoms with E-state index in [-0.39, 0.29) is 23.6 Å². The molecule has 1 fully saturated rings. The van der Waals surface area contributed by atoms with Crippen molar-refractivity contribution < 1.29 is 24.1 Å². The zero-order chi connectivity index (χ0) is 22.5. The predicted molar refractivity (Wildman–Crippen MR) is 115 cm³/mol. The molecule has 0 aliphatic carbocycles. The van der Waals surface area contributed by atoms with Crippen LogP contribution >= 0.6 is 0 Å². The van der Waals surface area contributed by atoms with Crippen LogP contribution in [0, 0.1) is 5.82 Å². The van der Waals surface area contributed by atoms with Crippen molar-refractivity contribution in [1.29, 1.82) is 0 Å². The molecule has 3 rings (SSSR count). The molecule has 0 atom stereocenters. The van der Waals surface area contributed by atoms with Crippen molar-refractivity contribution in [2.45, 2.75) is 26.9 Å². The highest BCUT2D eigenvalue weighted by atomic mass is 19.1. The van der Waals surface area contributed by atoms with Crippen LogP contribution in [0.3, 0.4) is 0 Å². The summed E-state index contributed by atoms with van der Waals surface area (Å²) >= 11 is 0. The molecule has 1 aromatic carbocycles. The van der Waals surface area contributed by atoms with Crippen molar-refractivity contribution in [2.75, 3.05) is 43.4 Å². The minimum Gasteiger partial charge on any atom is -0.488 e. The van der Waals surface area contributed by atoms with Gasteiger partial charge >= 0.3 is 6.09 Å². The summed E-state index contributed by atoms with van der Waals surface area (Å²) in [5, 5.41) is 6.34. The molecule has 9 nitrogen and oxygen atoms in total. The number of ether oxygens (including phenoxy) is 2. The molecule has 2 aromatic rings. The van der Waals surface area contributed by atoms with Gasteiger partial charge in [-0.15, -0.1) is 0 Å². The van der Waals surface area contributed by atoms with Gasteiger partial charge in [0.05, 0.1) is 18.3 Å². The summed E-state index contributed by atoms with van der Waals surface area (Å²) in [6.07, 6.45) is 0.904. The Balaban J connectivity index is 1.78.